The van der Waals surface area contributed by atoms with Crippen LogP contribution in [-0.2, 0) is 10.3 Å². The Hall–Kier alpha value is -2.48. The van der Waals surface area contributed by atoms with E-state index in [1.165, 1.54) is 6.07 Å². The van der Waals surface area contributed by atoms with Crippen molar-refractivity contribution in [2.24, 2.45) is 0 Å². The lowest BCUT2D eigenvalue weighted by atomic mass is 9.92. The molecule has 0 radical (unpaired) electrons. The Morgan fingerprint density at radius 1 is 1.17 bits per heavy atom. The van der Waals surface area contributed by atoms with Crippen LogP contribution in [0.4, 0.5) is 4.79 Å². The van der Waals surface area contributed by atoms with E-state index < -0.39 is 23.6 Å². The molecule has 7 nitrogen and oxygen atoms in total. The van der Waals surface area contributed by atoms with Crippen LogP contribution in [-0.4, -0.2) is 48.3 Å². The number of rotatable bonds is 7. The fraction of sp³-hybridized carbons (Fsp3) is 0.300. The molecule has 3 amide bonds. The number of aliphatic hydroxyl groups is 1. The van der Waals surface area contributed by atoms with E-state index in [2.05, 4.69) is 5.32 Å². The number of nitrogens with zero attached hydrogens (tertiary/aromatic N) is 1. The molecule has 2 aromatic carbocycles. The topological polar surface area (TPSA) is 88.1 Å². The molecule has 1 aliphatic heterocycles. The smallest absolute Gasteiger partial charge is 0.325 e. The monoisotopic (exact) mass is 438 g/mol. The molecule has 3 rings (SSSR count). The van der Waals surface area contributed by atoms with Gasteiger partial charge in [0.25, 0.3) is 5.91 Å². The van der Waals surface area contributed by atoms with Crippen LogP contribution in [0.5, 0.6) is 11.5 Å². The largest absolute Gasteiger partial charge is 0.497 e. The van der Waals surface area contributed by atoms with Crippen molar-refractivity contribution >= 4 is 35.1 Å². The minimum Gasteiger partial charge on any atom is -0.497 e. The molecule has 0 spiro atoms. The molecule has 9 heteroatoms. The zero-order valence-corrected chi connectivity index (χ0v) is 17.3. The predicted molar refractivity (Wildman–Crippen MR) is 109 cm³/mol. The van der Waals surface area contributed by atoms with E-state index in [4.69, 9.17) is 32.7 Å². The standard InChI is InChI=1S/C20H20Cl2N2O5/c1-20(12-3-6-15(28-2)7-4-12)18(26)24(19(27)23-20)10-14(25)11-29-17-8-5-13(21)9-16(17)22/h3-9,14,25H,10-11H2,1-2H3,(H,23,27)/t14-,20+/m1/s1. The maximum absolute atomic E-state index is 12.9. The number of carbonyl (C=O) groups excluding carboxylic acids is 2. The maximum atomic E-state index is 12.9. The van der Waals surface area contributed by atoms with Crippen molar-refractivity contribution in [2.45, 2.75) is 18.6 Å². The van der Waals surface area contributed by atoms with Crippen LogP contribution >= 0.6 is 23.2 Å². The second kappa shape index (κ2) is 8.49. The maximum Gasteiger partial charge on any atom is 0.325 e. The van der Waals surface area contributed by atoms with Crippen LogP contribution in [0.3, 0.4) is 0 Å². The van der Waals surface area contributed by atoms with Gasteiger partial charge in [-0.1, -0.05) is 35.3 Å². The number of hydrogen-bond acceptors (Lipinski definition) is 5. The minimum absolute atomic E-state index is 0.155. The number of ether oxygens (including phenoxy) is 2. The summed E-state index contributed by atoms with van der Waals surface area (Å²) in [7, 11) is 1.54. The number of carbonyl (C=O) groups is 2. The summed E-state index contributed by atoms with van der Waals surface area (Å²) in [5.74, 6) is 0.519. The van der Waals surface area contributed by atoms with Gasteiger partial charge < -0.3 is 19.9 Å². The van der Waals surface area contributed by atoms with Gasteiger partial charge in [-0.25, -0.2) is 4.79 Å². The zero-order valence-electron chi connectivity index (χ0n) is 15.8. The van der Waals surface area contributed by atoms with Gasteiger partial charge in [0.2, 0.25) is 0 Å². The molecule has 1 saturated heterocycles. The van der Waals surface area contributed by atoms with E-state index >= 15 is 0 Å². The molecule has 29 heavy (non-hydrogen) atoms. The Morgan fingerprint density at radius 2 is 1.86 bits per heavy atom. The number of methoxy groups -OCH3 is 1. The van der Waals surface area contributed by atoms with Crippen molar-refractivity contribution in [3.05, 3.63) is 58.1 Å². The first-order valence-electron chi connectivity index (χ1n) is 8.79. The van der Waals surface area contributed by atoms with E-state index in [1.807, 2.05) is 0 Å². The number of urea groups is 1. The molecule has 0 bridgehead atoms. The van der Waals surface area contributed by atoms with E-state index in [0.29, 0.717) is 27.1 Å². The quantitative estimate of drug-likeness (QED) is 0.647. The average molecular weight is 439 g/mol. The van der Waals surface area contributed by atoms with Crippen molar-refractivity contribution in [3.63, 3.8) is 0 Å². The lowest BCUT2D eigenvalue weighted by Gasteiger charge is -2.23. The number of halogens is 2. The number of benzene rings is 2. The van der Waals surface area contributed by atoms with Gasteiger partial charge in [0.05, 0.1) is 18.7 Å². The lowest BCUT2D eigenvalue weighted by molar-refractivity contribution is -0.132. The van der Waals surface area contributed by atoms with Gasteiger partial charge in [-0.3, -0.25) is 9.69 Å². The molecule has 0 unspecified atom stereocenters. The summed E-state index contributed by atoms with van der Waals surface area (Å²) in [6.45, 7) is 1.24. The number of amides is 3. The summed E-state index contributed by atoms with van der Waals surface area (Å²) >= 11 is 11.9. The van der Waals surface area contributed by atoms with Gasteiger partial charge in [0.15, 0.2) is 0 Å². The summed E-state index contributed by atoms with van der Waals surface area (Å²) in [4.78, 5) is 26.3. The summed E-state index contributed by atoms with van der Waals surface area (Å²) in [6, 6.07) is 11.0. The molecule has 0 saturated carbocycles. The van der Waals surface area contributed by atoms with E-state index in [1.54, 1.807) is 50.4 Å². The van der Waals surface area contributed by atoms with E-state index in [-0.39, 0.29) is 13.2 Å². The second-order valence-electron chi connectivity index (χ2n) is 6.74. The van der Waals surface area contributed by atoms with Gasteiger partial charge in [0.1, 0.15) is 29.7 Å². The number of imide groups is 1. The van der Waals surface area contributed by atoms with Crippen LogP contribution in [0.15, 0.2) is 42.5 Å². The van der Waals surface area contributed by atoms with Crippen molar-refractivity contribution in [2.75, 3.05) is 20.3 Å². The summed E-state index contributed by atoms with van der Waals surface area (Å²) < 4.78 is 10.6. The molecule has 154 valence electrons. The summed E-state index contributed by atoms with van der Waals surface area (Å²) in [5.41, 5.74) is -0.624. The first-order chi connectivity index (χ1) is 13.7. The molecular weight excluding hydrogens is 419 g/mol. The molecule has 2 N–H and O–H groups in total. The number of hydrogen-bond donors (Lipinski definition) is 2. The normalized spacial score (nSPS) is 19.8. The number of aliphatic hydroxyl groups excluding tert-OH is 1. The van der Waals surface area contributed by atoms with E-state index in [9.17, 15) is 14.7 Å². The Labute approximate surface area is 178 Å². The number of nitrogens with one attached hydrogen (secondary N) is 1. The highest BCUT2D eigenvalue weighted by Crippen LogP contribution is 2.30. The van der Waals surface area contributed by atoms with Gasteiger partial charge in [-0.05, 0) is 42.8 Å². The number of β-amino-alcohol motifs (C(OH)–C–C–N with tert-alkyl or cyclic N) is 1. The SMILES string of the molecule is COc1ccc([C@]2(C)NC(=O)N(C[C@@H](O)COc3ccc(Cl)cc3Cl)C2=O)cc1. The van der Waals surface area contributed by atoms with E-state index in [0.717, 1.165) is 4.90 Å². The Bertz CT molecular complexity index is 922. The average Bonchev–Trinajstić information content (AvgIpc) is 2.91. The lowest BCUT2D eigenvalue weighted by Crippen LogP contribution is -2.42. The van der Waals surface area contributed by atoms with Gasteiger partial charge in [-0.15, -0.1) is 0 Å². The fourth-order valence-corrected chi connectivity index (χ4v) is 3.49. The van der Waals surface area contributed by atoms with Gasteiger partial charge in [0, 0.05) is 5.02 Å². The van der Waals surface area contributed by atoms with Crippen LogP contribution in [0, 0.1) is 0 Å². The molecule has 0 aliphatic carbocycles. The zero-order chi connectivity index (χ0) is 21.2. The summed E-state index contributed by atoms with van der Waals surface area (Å²) in [6.07, 6.45) is -1.10. The molecule has 0 aromatic heterocycles. The highest BCUT2D eigenvalue weighted by atomic mass is 35.5. The fourth-order valence-electron chi connectivity index (χ4n) is 3.02. The van der Waals surface area contributed by atoms with Crippen molar-refractivity contribution in [1.29, 1.82) is 0 Å². The Kier molecular flexibility index (Phi) is 6.21. The van der Waals surface area contributed by atoms with Crippen molar-refractivity contribution in [1.82, 2.24) is 10.2 Å². The molecule has 1 aliphatic rings. The van der Waals surface area contributed by atoms with Gasteiger partial charge >= 0.3 is 6.03 Å². The third-order valence-electron chi connectivity index (χ3n) is 4.66. The molecule has 2 aromatic rings. The molecule has 1 fully saturated rings. The first kappa shape index (κ1) is 21.2. The van der Waals surface area contributed by atoms with Crippen LogP contribution in [0.1, 0.15) is 12.5 Å². The van der Waals surface area contributed by atoms with Crippen molar-refractivity contribution < 1.29 is 24.2 Å². The highest BCUT2D eigenvalue weighted by Gasteiger charge is 2.49. The second-order valence-corrected chi connectivity index (χ2v) is 7.58. The van der Waals surface area contributed by atoms with Crippen LogP contribution in [0.2, 0.25) is 10.0 Å². The van der Waals surface area contributed by atoms with Crippen LogP contribution < -0.4 is 14.8 Å². The highest BCUT2D eigenvalue weighted by molar-refractivity contribution is 6.35. The molecule has 1 heterocycles. The predicted octanol–water partition coefficient (Wildman–Crippen LogP) is 3.21. The van der Waals surface area contributed by atoms with Crippen LogP contribution in [0.25, 0.3) is 0 Å². The first-order valence-corrected chi connectivity index (χ1v) is 9.54. The van der Waals surface area contributed by atoms with Crippen molar-refractivity contribution in [3.8, 4) is 11.5 Å². The Morgan fingerprint density at radius 3 is 2.48 bits per heavy atom. The Balaban J connectivity index is 1.66. The molecular formula is C20H20Cl2N2O5. The molecule has 2 atom stereocenters. The third kappa shape index (κ3) is 4.42. The summed E-state index contributed by atoms with van der Waals surface area (Å²) in [5, 5.41) is 13.7. The third-order valence-corrected chi connectivity index (χ3v) is 5.19. The van der Waals surface area contributed by atoms with Gasteiger partial charge in [-0.2, -0.15) is 0 Å². The minimum atomic E-state index is -1.23.